The molecule has 7 nitrogen and oxygen atoms in total. The fourth-order valence-corrected chi connectivity index (χ4v) is 2.31. The number of ether oxygens (including phenoxy) is 3. The third-order valence-corrected chi connectivity index (χ3v) is 3.70. The van der Waals surface area contributed by atoms with Crippen LogP contribution in [0.2, 0.25) is 5.02 Å². The Kier molecular flexibility index (Phi) is 7.74. The van der Waals surface area contributed by atoms with Gasteiger partial charge >= 0.3 is 12.6 Å². The first-order valence-electron chi connectivity index (χ1n) is 8.16. The average Bonchev–Trinajstić information content (AvgIpc) is 2.68. The Morgan fingerprint density at radius 1 is 1.17 bits per heavy atom. The van der Waals surface area contributed by atoms with Crippen molar-refractivity contribution in [3.63, 3.8) is 0 Å². The zero-order valence-corrected chi connectivity index (χ0v) is 15.8. The van der Waals surface area contributed by atoms with Crippen LogP contribution in [0.3, 0.4) is 0 Å². The minimum absolute atomic E-state index is 0.121. The van der Waals surface area contributed by atoms with E-state index < -0.39 is 31.2 Å². The van der Waals surface area contributed by atoms with Gasteiger partial charge in [-0.2, -0.15) is 14.0 Å². The number of halogens is 3. The number of hydrogen-bond acceptors (Lipinski definition) is 6. The summed E-state index contributed by atoms with van der Waals surface area (Å²) in [6, 6.07) is 11.8. The molecule has 1 atom stereocenters. The van der Waals surface area contributed by atoms with E-state index in [1.54, 1.807) is 0 Å². The number of nitrogens with one attached hydrogen (secondary N) is 1. The van der Waals surface area contributed by atoms with Gasteiger partial charge in [-0.15, -0.1) is 0 Å². The van der Waals surface area contributed by atoms with E-state index in [-0.39, 0.29) is 16.5 Å². The van der Waals surface area contributed by atoms with Crippen LogP contribution in [0.1, 0.15) is 12.5 Å². The van der Waals surface area contributed by atoms with Crippen LogP contribution < -0.4 is 14.8 Å². The molecule has 0 saturated carbocycles. The zero-order valence-electron chi connectivity index (χ0n) is 15.0. The van der Waals surface area contributed by atoms with Gasteiger partial charge in [-0.3, -0.25) is 4.79 Å². The lowest BCUT2D eigenvalue weighted by molar-refractivity contribution is -0.153. The molecule has 2 aromatic carbocycles. The van der Waals surface area contributed by atoms with Crippen LogP contribution in [0.25, 0.3) is 0 Å². The van der Waals surface area contributed by atoms with Crippen LogP contribution in [0.5, 0.6) is 11.5 Å². The predicted octanol–water partition coefficient (Wildman–Crippen LogP) is 3.76. The van der Waals surface area contributed by atoms with Crippen molar-refractivity contribution < 1.29 is 32.6 Å². The van der Waals surface area contributed by atoms with Crippen LogP contribution in [-0.2, 0) is 14.3 Å². The monoisotopic (exact) mass is 424 g/mol. The van der Waals surface area contributed by atoms with E-state index in [0.717, 1.165) is 0 Å². The molecule has 0 radical (unpaired) electrons. The van der Waals surface area contributed by atoms with Crippen molar-refractivity contribution in [3.05, 3.63) is 53.1 Å². The van der Waals surface area contributed by atoms with Gasteiger partial charge in [-0.1, -0.05) is 11.6 Å². The summed E-state index contributed by atoms with van der Waals surface area (Å²) in [7, 11) is 0. The van der Waals surface area contributed by atoms with Crippen LogP contribution in [-0.4, -0.2) is 31.2 Å². The van der Waals surface area contributed by atoms with Crippen molar-refractivity contribution >= 4 is 29.2 Å². The molecular formula is C19H15ClF2N2O5. The Morgan fingerprint density at radius 3 is 2.45 bits per heavy atom. The summed E-state index contributed by atoms with van der Waals surface area (Å²) >= 11 is 5.79. The Hall–Kier alpha value is -3.38. The number of amides is 1. The van der Waals surface area contributed by atoms with E-state index in [0.29, 0.717) is 11.3 Å². The van der Waals surface area contributed by atoms with E-state index >= 15 is 0 Å². The summed E-state index contributed by atoms with van der Waals surface area (Å²) in [5.41, 5.74) is 0.651. The van der Waals surface area contributed by atoms with Crippen molar-refractivity contribution in [2.24, 2.45) is 0 Å². The Labute approximate surface area is 169 Å². The molecule has 2 aromatic rings. The van der Waals surface area contributed by atoms with E-state index in [1.807, 2.05) is 6.07 Å². The third kappa shape index (κ3) is 6.93. The number of carbonyl (C=O) groups excluding carboxylic acids is 2. The topological polar surface area (TPSA) is 97.6 Å². The number of esters is 1. The Balaban J connectivity index is 1.82. The minimum Gasteiger partial charge on any atom is -0.479 e. The molecule has 10 heteroatoms. The number of hydrogen-bond donors (Lipinski definition) is 1. The second kappa shape index (κ2) is 10.2. The Bertz CT molecular complexity index is 916. The molecule has 0 aliphatic carbocycles. The quantitative estimate of drug-likeness (QED) is 0.648. The zero-order chi connectivity index (χ0) is 21.4. The first-order chi connectivity index (χ1) is 13.8. The van der Waals surface area contributed by atoms with Gasteiger partial charge in [-0.25, -0.2) is 4.79 Å². The Morgan fingerprint density at radius 2 is 1.86 bits per heavy atom. The molecule has 1 amide bonds. The molecular weight excluding hydrogens is 410 g/mol. The molecule has 0 bridgehead atoms. The molecule has 0 aromatic heterocycles. The van der Waals surface area contributed by atoms with Crippen molar-refractivity contribution in [2.45, 2.75) is 19.6 Å². The second-order valence-corrected chi connectivity index (χ2v) is 5.98. The highest BCUT2D eigenvalue weighted by atomic mass is 35.5. The fourth-order valence-electron chi connectivity index (χ4n) is 2.08. The number of benzene rings is 2. The van der Waals surface area contributed by atoms with Gasteiger partial charge in [0.2, 0.25) is 0 Å². The second-order valence-electron chi connectivity index (χ2n) is 5.58. The first kappa shape index (κ1) is 21.9. The van der Waals surface area contributed by atoms with Crippen LogP contribution >= 0.6 is 11.6 Å². The molecule has 0 saturated heterocycles. The molecule has 1 unspecified atom stereocenters. The lowest BCUT2D eigenvalue weighted by Gasteiger charge is -2.14. The molecule has 1 N–H and O–H groups in total. The van der Waals surface area contributed by atoms with Crippen molar-refractivity contribution in [2.75, 3.05) is 11.9 Å². The van der Waals surface area contributed by atoms with Crippen molar-refractivity contribution in [3.8, 4) is 17.6 Å². The van der Waals surface area contributed by atoms with Gasteiger partial charge in [0, 0.05) is 5.69 Å². The highest BCUT2D eigenvalue weighted by molar-refractivity contribution is 6.32. The van der Waals surface area contributed by atoms with Gasteiger partial charge in [0.05, 0.1) is 16.7 Å². The van der Waals surface area contributed by atoms with E-state index in [1.165, 1.54) is 49.4 Å². The molecule has 0 spiro atoms. The van der Waals surface area contributed by atoms with Crippen LogP contribution in [0, 0.1) is 11.3 Å². The van der Waals surface area contributed by atoms with Gasteiger partial charge < -0.3 is 19.5 Å². The number of nitriles is 1. The number of anilines is 1. The molecule has 0 heterocycles. The normalized spacial score (nSPS) is 11.3. The molecule has 29 heavy (non-hydrogen) atoms. The van der Waals surface area contributed by atoms with E-state index in [4.69, 9.17) is 26.3 Å². The fraction of sp³-hybridized carbons (Fsp3) is 0.211. The van der Waals surface area contributed by atoms with Crippen LogP contribution in [0.4, 0.5) is 14.5 Å². The number of rotatable bonds is 8. The SMILES string of the molecule is CC(Oc1ccc(C#N)cc1)C(=O)OCC(=O)Nc1ccc(OC(F)F)c(Cl)c1. The maximum absolute atomic E-state index is 12.2. The first-order valence-corrected chi connectivity index (χ1v) is 8.54. The summed E-state index contributed by atoms with van der Waals surface area (Å²) in [5.74, 6) is -1.32. The highest BCUT2D eigenvalue weighted by Gasteiger charge is 2.18. The predicted molar refractivity (Wildman–Crippen MR) is 98.9 cm³/mol. The van der Waals surface area contributed by atoms with Crippen LogP contribution in [0.15, 0.2) is 42.5 Å². The molecule has 0 aliphatic heterocycles. The standard InChI is InChI=1S/C19H15ClF2N2O5/c1-11(28-14-5-2-12(9-23)3-6-14)18(26)27-10-17(25)24-13-4-7-16(15(20)8-13)29-19(21)22/h2-8,11,19H,10H2,1H3,(H,24,25). The van der Waals surface area contributed by atoms with Gasteiger partial charge in [0.1, 0.15) is 11.5 Å². The summed E-state index contributed by atoms with van der Waals surface area (Å²) < 4.78 is 38.9. The minimum atomic E-state index is -3.03. The molecule has 0 fully saturated rings. The van der Waals surface area contributed by atoms with Gasteiger partial charge in [0.25, 0.3) is 5.91 Å². The smallest absolute Gasteiger partial charge is 0.387 e. The highest BCUT2D eigenvalue weighted by Crippen LogP contribution is 2.28. The summed E-state index contributed by atoms with van der Waals surface area (Å²) in [6.45, 7) is -2.17. The van der Waals surface area contributed by atoms with Gasteiger partial charge in [0.15, 0.2) is 12.7 Å². The maximum atomic E-state index is 12.2. The van der Waals surface area contributed by atoms with Gasteiger partial charge in [-0.05, 0) is 49.4 Å². The summed E-state index contributed by atoms with van der Waals surface area (Å²) in [5, 5.41) is 11.0. The van der Waals surface area contributed by atoms with E-state index in [9.17, 15) is 18.4 Å². The largest absolute Gasteiger partial charge is 0.479 e. The molecule has 2 rings (SSSR count). The van der Waals surface area contributed by atoms with Crippen molar-refractivity contribution in [1.29, 1.82) is 5.26 Å². The molecule has 0 aliphatic rings. The van der Waals surface area contributed by atoms with Crippen molar-refractivity contribution in [1.82, 2.24) is 0 Å². The lowest BCUT2D eigenvalue weighted by Crippen LogP contribution is -2.29. The number of carbonyl (C=O) groups is 2. The summed E-state index contributed by atoms with van der Waals surface area (Å²) in [6.07, 6.45) is -0.990. The summed E-state index contributed by atoms with van der Waals surface area (Å²) in [4.78, 5) is 23.8. The molecule has 152 valence electrons. The number of nitrogens with zero attached hydrogens (tertiary/aromatic N) is 1. The maximum Gasteiger partial charge on any atom is 0.387 e. The lowest BCUT2D eigenvalue weighted by atomic mass is 10.2. The third-order valence-electron chi connectivity index (χ3n) is 3.41. The number of alkyl halides is 2. The van der Waals surface area contributed by atoms with E-state index in [2.05, 4.69) is 10.1 Å². The average molecular weight is 425 g/mol.